The van der Waals surface area contributed by atoms with Crippen LogP contribution in [0, 0.1) is 0 Å². The Kier molecular flexibility index (Phi) is 7.88. The number of aromatic hydroxyl groups is 1. The number of ether oxygens (including phenoxy) is 2. The number of carbonyl (C=O) groups is 2. The fourth-order valence-electron chi connectivity index (χ4n) is 2.45. The Labute approximate surface area is 180 Å². The minimum absolute atomic E-state index is 0.0188. The molecule has 6 nitrogen and oxygen atoms in total. The van der Waals surface area contributed by atoms with Crippen molar-refractivity contribution >= 4 is 49.4 Å². The van der Waals surface area contributed by atoms with Crippen molar-refractivity contribution < 1.29 is 24.2 Å². The van der Waals surface area contributed by atoms with Crippen molar-refractivity contribution in [1.82, 2.24) is 0 Å². The number of hydrogen-bond donors (Lipinski definition) is 2. The van der Waals surface area contributed by atoms with Gasteiger partial charge in [0.1, 0.15) is 11.5 Å². The topological polar surface area (TPSA) is 84.9 Å². The van der Waals surface area contributed by atoms with Gasteiger partial charge >= 0.3 is 5.97 Å². The summed E-state index contributed by atoms with van der Waals surface area (Å²) in [6.45, 7) is 3.98. The fraction of sp³-hybridized carbons (Fsp3) is 0.300. The summed E-state index contributed by atoms with van der Waals surface area (Å²) in [5.74, 6) is 0.767. The van der Waals surface area contributed by atoms with Crippen LogP contribution in [-0.4, -0.2) is 24.1 Å². The molecule has 8 heteroatoms. The third-order valence-corrected chi connectivity index (χ3v) is 5.08. The monoisotopic (exact) mass is 513 g/mol. The SMILES string of the molecule is COC(=O)CCC(=O)Nc1cc(Br)c(Oc2ccc(O)c(C(C)C)c2)c(Br)c1. The molecule has 2 rings (SSSR count). The zero-order valence-corrected chi connectivity index (χ0v) is 18.9. The molecule has 150 valence electrons. The molecule has 1 amide bonds. The van der Waals surface area contributed by atoms with Gasteiger partial charge in [0.05, 0.1) is 22.5 Å². The number of amides is 1. The van der Waals surface area contributed by atoms with Crippen LogP contribution in [0.1, 0.15) is 38.2 Å². The van der Waals surface area contributed by atoms with Crippen LogP contribution in [-0.2, 0) is 14.3 Å². The predicted molar refractivity (Wildman–Crippen MR) is 114 cm³/mol. The Morgan fingerprint density at radius 3 is 2.32 bits per heavy atom. The molecule has 0 radical (unpaired) electrons. The number of phenolic OH excluding ortho intramolecular Hbond substituents is 1. The van der Waals surface area contributed by atoms with Crippen LogP contribution in [0.3, 0.4) is 0 Å². The van der Waals surface area contributed by atoms with Crippen LogP contribution in [0.4, 0.5) is 5.69 Å². The van der Waals surface area contributed by atoms with E-state index in [9.17, 15) is 14.7 Å². The van der Waals surface area contributed by atoms with Crippen LogP contribution in [0.5, 0.6) is 17.2 Å². The summed E-state index contributed by atoms with van der Waals surface area (Å²) in [5, 5.41) is 12.7. The van der Waals surface area contributed by atoms with Crippen molar-refractivity contribution in [3.63, 3.8) is 0 Å². The van der Waals surface area contributed by atoms with Crippen LogP contribution < -0.4 is 10.1 Å². The summed E-state index contributed by atoms with van der Waals surface area (Å²) in [4.78, 5) is 23.1. The van der Waals surface area contributed by atoms with E-state index in [1.54, 1.807) is 30.3 Å². The van der Waals surface area contributed by atoms with Crippen molar-refractivity contribution in [2.75, 3.05) is 12.4 Å². The van der Waals surface area contributed by atoms with E-state index in [-0.39, 0.29) is 30.4 Å². The first kappa shape index (κ1) is 22.2. The first-order valence-electron chi connectivity index (χ1n) is 8.57. The molecule has 0 aromatic heterocycles. The number of phenols is 1. The molecule has 0 fully saturated rings. The van der Waals surface area contributed by atoms with Crippen molar-refractivity contribution in [3.05, 3.63) is 44.8 Å². The molecule has 0 bridgehead atoms. The lowest BCUT2D eigenvalue weighted by atomic mass is 10.0. The third-order valence-electron chi connectivity index (χ3n) is 3.91. The number of esters is 1. The van der Waals surface area contributed by atoms with E-state index in [1.807, 2.05) is 13.8 Å². The van der Waals surface area contributed by atoms with E-state index < -0.39 is 5.97 Å². The zero-order chi connectivity index (χ0) is 20.8. The molecule has 2 aromatic carbocycles. The highest BCUT2D eigenvalue weighted by Crippen LogP contribution is 2.40. The van der Waals surface area contributed by atoms with Gasteiger partial charge in [-0.25, -0.2) is 0 Å². The highest BCUT2D eigenvalue weighted by atomic mass is 79.9. The lowest BCUT2D eigenvalue weighted by Gasteiger charge is -2.15. The molecule has 0 saturated carbocycles. The lowest BCUT2D eigenvalue weighted by molar-refractivity contribution is -0.141. The Morgan fingerprint density at radius 2 is 1.75 bits per heavy atom. The first-order chi connectivity index (χ1) is 13.2. The second-order valence-corrected chi connectivity index (χ2v) is 8.08. The van der Waals surface area contributed by atoms with Crippen molar-refractivity contribution in [3.8, 4) is 17.2 Å². The highest BCUT2D eigenvalue weighted by Gasteiger charge is 2.14. The number of methoxy groups -OCH3 is 1. The largest absolute Gasteiger partial charge is 0.508 e. The van der Waals surface area contributed by atoms with Crippen LogP contribution in [0.15, 0.2) is 39.3 Å². The number of halogens is 2. The molecule has 0 heterocycles. The van der Waals surface area contributed by atoms with Crippen molar-refractivity contribution in [1.29, 1.82) is 0 Å². The Morgan fingerprint density at radius 1 is 1.11 bits per heavy atom. The quantitative estimate of drug-likeness (QED) is 0.461. The maximum atomic E-state index is 12.0. The fourth-order valence-corrected chi connectivity index (χ4v) is 3.80. The Bertz CT molecular complexity index is 860. The number of hydrogen-bond acceptors (Lipinski definition) is 5. The van der Waals surface area contributed by atoms with Gasteiger partial charge < -0.3 is 19.9 Å². The van der Waals surface area contributed by atoms with Crippen molar-refractivity contribution in [2.45, 2.75) is 32.6 Å². The molecule has 2 N–H and O–H groups in total. The highest BCUT2D eigenvalue weighted by molar-refractivity contribution is 9.11. The number of rotatable bonds is 7. The molecule has 0 aliphatic heterocycles. The van der Waals surface area contributed by atoms with E-state index in [2.05, 4.69) is 41.9 Å². The third kappa shape index (κ3) is 5.97. The van der Waals surface area contributed by atoms with Gasteiger partial charge in [0.25, 0.3) is 0 Å². The van der Waals surface area contributed by atoms with Gasteiger partial charge in [-0.05, 0) is 68.1 Å². The average molecular weight is 515 g/mol. The van der Waals surface area contributed by atoms with E-state index in [0.717, 1.165) is 5.56 Å². The number of carbonyl (C=O) groups excluding carboxylic acids is 2. The van der Waals surface area contributed by atoms with Gasteiger partial charge in [0.15, 0.2) is 5.75 Å². The van der Waals surface area contributed by atoms with Crippen LogP contribution >= 0.6 is 31.9 Å². The average Bonchev–Trinajstić information content (AvgIpc) is 2.63. The van der Waals surface area contributed by atoms with Crippen LogP contribution in [0.25, 0.3) is 0 Å². The van der Waals surface area contributed by atoms with Crippen molar-refractivity contribution in [2.24, 2.45) is 0 Å². The summed E-state index contributed by atoms with van der Waals surface area (Å²) in [6, 6.07) is 8.49. The van der Waals surface area contributed by atoms with E-state index in [1.165, 1.54) is 7.11 Å². The Hall–Kier alpha value is -2.06. The van der Waals surface area contributed by atoms with Gasteiger partial charge in [-0.1, -0.05) is 13.8 Å². The van der Waals surface area contributed by atoms with E-state index in [4.69, 9.17) is 4.74 Å². The number of nitrogens with one attached hydrogen (secondary N) is 1. The molecular weight excluding hydrogens is 494 g/mol. The normalized spacial score (nSPS) is 10.6. The lowest BCUT2D eigenvalue weighted by Crippen LogP contribution is -2.14. The van der Waals surface area contributed by atoms with E-state index >= 15 is 0 Å². The molecule has 0 unspecified atom stereocenters. The molecule has 0 atom stereocenters. The maximum absolute atomic E-state index is 12.0. The molecule has 2 aromatic rings. The van der Waals surface area contributed by atoms with E-state index in [0.29, 0.717) is 26.1 Å². The summed E-state index contributed by atoms with van der Waals surface area (Å²) < 4.78 is 11.7. The molecular formula is C20H21Br2NO5. The predicted octanol–water partition coefficient (Wildman–Crippen LogP) is 5.72. The van der Waals surface area contributed by atoms with Gasteiger partial charge in [-0.15, -0.1) is 0 Å². The van der Waals surface area contributed by atoms with Gasteiger partial charge in [0, 0.05) is 17.7 Å². The zero-order valence-electron chi connectivity index (χ0n) is 15.7. The molecule has 0 saturated heterocycles. The summed E-state index contributed by atoms with van der Waals surface area (Å²) >= 11 is 6.90. The smallest absolute Gasteiger partial charge is 0.306 e. The maximum Gasteiger partial charge on any atom is 0.306 e. The van der Waals surface area contributed by atoms with Gasteiger partial charge in [-0.2, -0.15) is 0 Å². The minimum atomic E-state index is -0.434. The second kappa shape index (κ2) is 9.93. The van der Waals surface area contributed by atoms with Crippen LogP contribution in [0.2, 0.25) is 0 Å². The summed E-state index contributed by atoms with van der Waals surface area (Å²) in [5.41, 5.74) is 1.34. The summed E-state index contributed by atoms with van der Waals surface area (Å²) in [6.07, 6.45) is 0.0521. The first-order valence-corrected chi connectivity index (χ1v) is 10.2. The Balaban J connectivity index is 2.15. The molecule has 28 heavy (non-hydrogen) atoms. The van der Waals surface area contributed by atoms with Gasteiger partial charge in [-0.3, -0.25) is 9.59 Å². The number of anilines is 1. The van der Waals surface area contributed by atoms with Gasteiger partial charge in [0.2, 0.25) is 5.91 Å². The molecule has 0 aliphatic rings. The minimum Gasteiger partial charge on any atom is -0.508 e. The molecule has 0 aliphatic carbocycles. The second-order valence-electron chi connectivity index (χ2n) is 6.37. The molecule has 0 spiro atoms. The summed E-state index contributed by atoms with van der Waals surface area (Å²) in [7, 11) is 1.28. The standard InChI is InChI=1S/C20H21Br2NO5/c1-11(2)14-10-13(4-5-17(14)24)28-20-15(21)8-12(9-16(20)22)23-18(25)6-7-19(26)27-3/h4-5,8-11,24H,6-7H2,1-3H3,(H,23,25). The number of benzene rings is 2.